The predicted octanol–water partition coefficient (Wildman–Crippen LogP) is -0.271. The van der Waals surface area contributed by atoms with Crippen LogP contribution < -0.4 is 5.73 Å². The van der Waals surface area contributed by atoms with Crippen molar-refractivity contribution in [1.29, 1.82) is 0 Å². The molecule has 0 spiro atoms. The number of hydrogen-bond acceptors (Lipinski definition) is 4. The first-order valence-corrected chi connectivity index (χ1v) is 4.79. The molecule has 5 heteroatoms. The van der Waals surface area contributed by atoms with Crippen LogP contribution in [-0.2, 0) is 4.52 Å². The molecule has 0 unspecified atom stereocenters. The summed E-state index contributed by atoms with van der Waals surface area (Å²) in [7, 11) is -3.00. The fourth-order valence-corrected chi connectivity index (χ4v) is 0.796. The third-order valence-electron chi connectivity index (χ3n) is 0.684. The minimum atomic E-state index is -3.00. The first-order valence-electron chi connectivity index (χ1n) is 2.73. The number of hydrogen-bond donors (Lipinski definition) is 3. The second-order valence-corrected chi connectivity index (χ2v) is 3.74. The van der Waals surface area contributed by atoms with Crippen molar-refractivity contribution >= 4 is 7.94 Å². The van der Waals surface area contributed by atoms with Gasteiger partial charge in [0.25, 0.3) is 0 Å². The Morgan fingerprint density at radius 2 is 2.11 bits per heavy atom. The highest BCUT2D eigenvalue weighted by Crippen LogP contribution is 2.46. The molecule has 0 aromatic heterocycles. The molecule has 56 valence electrons. The van der Waals surface area contributed by atoms with E-state index in [0.29, 0.717) is 19.6 Å². The van der Waals surface area contributed by atoms with Crippen molar-refractivity contribution in [2.75, 3.05) is 19.8 Å². The molecule has 0 aliphatic heterocycles. The van der Waals surface area contributed by atoms with Crippen molar-refractivity contribution in [3.05, 3.63) is 0 Å². The van der Waals surface area contributed by atoms with E-state index in [1.165, 1.54) is 6.66 Å². The van der Waals surface area contributed by atoms with Gasteiger partial charge in [-0.2, -0.15) is 14.3 Å². The Balaban J connectivity index is 3.07. The van der Waals surface area contributed by atoms with Crippen molar-refractivity contribution in [2.45, 2.75) is 6.42 Å². The van der Waals surface area contributed by atoms with Gasteiger partial charge in [-0.25, -0.2) is 0 Å². The molecule has 0 aliphatic carbocycles. The molecule has 0 aliphatic rings. The van der Waals surface area contributed by atoms with Crippen molar-refractivity contribution in [3.8, 4) is 0 Å². The standard InChI is InChI=1S/C4H13NO3P/c1-9(6,7)8-4-2-3-5/h6-7H,2-5H2,1H3/q+1. The summed E-state index contributed by atoms with van der Waals surface area (Å²) in [6, 6.07) is 0. The second-order valence-electron chi connectivity index (χ2n) is 1.81. The highest BCUT2D eigenvalue weighted by atomic mass is 31.2. The Morgan fingerprint density at radius 3 is 2.44 bits per heavy atom. The molecule has 9 heavy (non-hydrogen) atoms. The zero-order valence-corrected chi connectivity index (χ0v) is 6.34. The Bertz CT molecular complexity index is 72.7. The number of nitrogens with two attached hydrogens (primary N) is 1. The van der Waals surface area contributed by atoms with Gasteiger partial charge >= 0.3 is 7.94 Å². The van der Waals surface area contributed by atoms with Crippen molar-refractivity contribution in [3.63, 3.8) is 0 Å². The van der Waals surface area contributed by atoms with E-state index in [9.17, 15) is 0 Å². The smallest absolute Gasteiger partial charge is 0.330 e. The zero-order valence-electron chi connectivity index (χ0n) is 5.45. The highest BCUT2D eigenvalue weighted by Gasteiger charge is 2.25. The summed E-state index contributed by atoms with van der Waals surface area (Å²) in [6.07, 6.45) is 0.663. The SMILES string of the molecule is C[P+](O)(O)OCCCN. The van der Waals surface area contributed by atoms with Gasteiger partial charge < -0.3 is 5.73 Å². The molecule has 0 saturated heterocycles. The predicted molar refractivity (Wildman–Crippen MR) is 36.9 cm³/mol. The van der Waals surface area contributed by atoms with Gasteiger partial charge in [0.2, 0.25) is 0 Å². The van der Waals surface area contributed by atoms with Crippen LogP contribution in [0.4, 0.5) is 0 Å². The van der Waals surface area contributed by atoms with Crippen LogP contribution in [0.25, 0.3) is 0 Å². The minimum Gasteiger partial charge on any atom is -0.330 e. The van der Waals surface area contributed by atoms with Crippen molar-refractivity contribution in [2.24, 2.45) is 5.73 Å². The molecule has 4 N–H and O–H groups in total. The van der Waals surface area contributed by atoms with Crippen LogP contribution in [0.3, 0.4) is 0 Å². The monoisotopic (exact) mass is 154 g/mol. The van der Waals surface area contributed by atoms with E-state index in [4.69, 9.17) is 15.5 Å². The van der Waals surface area contributed by atoms with Gasteiger partial charge in [0.15, 0.2) is 0 Å². The quantitative estimate of drug-likeness (QED) is 0.385. The molecule has 0 aromatic carbocycles. The van der Waals surface area contributed by atoms with Gasteiger partial charge in [0, 0.05) is 0 Å². The van der Waals surface area contributed by atoms with Gasteiger partial charge in [-0.15, -0.1) is 0 Å². The molecule has 0 amide bonds. The first-order chi connectivity index (χ1) is 4.06. The third-order valence-corrected chi connectivity index (χ3v) is 1.36. The molecule has 0 saturated carbocycles. The van der Waals surface area contributed by atoms with Crippen molar-refractivity contribution < 1.29 is 14.3 Å². The molecular formula is C4H13NO3P+. The summed E-state index contributed by atoms with van der Waals surface area (Å²) in [5.41, 5.74) is 5.13. The molecule has 4 nitrogen and oxygen atoms in total. The average molecular weight is 154 g/mol. The van der Waals surface area contributed by atoms with Crippen LogP contribution >= 0.6 is 7.94 Å². The maximum absolute atomic E-state index is 8.65. The zero-order chi connectivity index (χ0) is 7.33. The molecule has 0 rings (SSSR count). The molecule has 0 radical (unpaired) electrons. The average Bonchev–Trinajstić information content (AvgIpc) is 1.63. The Hall–Kier alpha value is 0.270. The van der Waals surface area contributed by atoms with Gasteiger partial charge in [-0.1, -0.05) is 0 Å². The lowest BCUT2D eigenvalue weighted by atomic mass is 10.5. The fraction of sp³-hybridized carbons (Fsp3) is 1.00. The fourth-order valence-electron chi connectivity index (χ4n) is 0.321. The molecule has 0 atom stereocenters. The Morgan fingerprint density at radius 1 is 1.56 bits per heavy atom. The molecule has 0 bridgehead atoms. The molecule has 0 fully saturated rings. The van der Waals surface area contributed by atoms with Gasteiger partial charge in [-0.05, 0) is 13.0 Å². The van der Waals surface area contributed by atoms with Crippen LogP contribution in [0, 0.1) is 0 Å². The van der Waals surface area contributed by atoms with Crippen LogP contribution in [0.1, 0.15) is 6.42 Å². The number of rotatable bonds is 4. The second kappa shape index (κ2) is 4.14. The summed E-state index contributed by atoms with van der Waals surface area (Å²) >= 11 is 0. The summed E-state index contributed by atoms with van der Waals surface area (Å²) in [5.74, 6) is 0. The highest BCUT2D eigenvalue weighted by molar-refractivity contribution is 7.58. The summed E-state index contributed by atoms with van der Waals surface area (Å²) in [5, 5.41) is 0. The largest absolute Gasteiger partial charge is 0.403 e. The summed E-state index contributed by atoms with van der Waals surface area (Å²) in [6.45, 7) is 2.11. The topological polar surface area (TPSA) is 75.7 Å². The van der Waals surface area contributed by atoms with Gasteiger partial charge in [0.1, 0.15) is 6.66 Å². The van der Waals surface area contributed by atoms with E-state index >= 15 is 0 Å². The van der Waals surface area contributed by atoms with Crippen LogP contribution in [0.15, 0.2) is 0 Å². The van der Waals surface area contributed by atoms with Crippen LogP contribution in [0.2, 0.25) is 0 Å². The summed E-state index contributed by atoms with van der Waals surface area (Å²) in [4.78, 5) is 17.3. The molecule has 0 aromatic rings. The minimum absolute atomic E-state index is 0.327. The third kappa shape index (κ3) is 8.27. The maximum atomic E-state index is 8.65. The van der Waals surface area contributed by atoms with Gasteiger partial charge in [0.05, 0.1) is 6.61 Å². The summed E-state index contributed by atoms with van der Waals surface area (Å²) < 4.78 is 4.61. The first kappa shape index (κ1) is 9.27. The lowest BCUT2D eigenvalue weighted by Crippen LogP contribution is -2.04. The van der Waals surface area contributed by atoms with E-state index in [2.05, 4.69) is 4.52 Å². The normalized spacial score (nSPS) is 12.0. The van der Waals surface area contributed by atoms with Crippen molar-refractivity contribution in [1.82, 2.24) is 0 Å². The Labute approximate surface area is 55.2 Å². The van der Waals surface area contributed by atoms with E-state index in [0.717, 1.165) is 0 Å². The molecule has 0 heterocycles. The lowest BCUT2D eigenvalue weighted by Gasteiger charge is -2.03. The van der Waals surface area contributed by atoms with Crippen LogP contribution in [0.5, 0.6) is 0 Å². The van der Waals surface area contributed by atoms with Gasteiger partial charge in [-0.3, -0.25) is 0 Å². The van der Waals surface area contributed by atoms with E-state index in [-0.39, 0.29) is 0 Å². The van der Waals surface area contributed by atoms with E-state index in [1.807, 2.05) is 0 Å². The van der Waals surface area contributed by atoms with E-state index in [1.54, 1.807) is 0 Å². The maximum Gasteiger partial charge on any atom is 0.403 e. The Kier molecular flexibility index (Phi) is 4.27. The van der Waals surface area contributed by atoms with E-state index < -0.39 is 7.94 Å². The molecular weight excluding hydrogens is 141 g/mol. The lowest BCUT2D eigenvalue weighted by molar-refractivity contribution is 0.233. The van der Waals surface area contributed by atoms with Crippen LogP contribution in [-0.4, -0.2) is 29.6 Å².